The Kier molecular flexibility index (Phi) is 3.72. The van der Waals surface area contributed by atoms with Crippen molar-refractivity contribution < 1.29 is 9.84 Å². The largest absolute Gasteiger partial charge is 0.387 e. The van der Waals surface area contributed by atoms with E-state index in [1.54, 1.807) is 0 Å². The Morgan fingerprint density at radius 2 is 1.87 bits per heavy atom. The second-order valence-electron chi connectivity index (χ2n) is 3.84. The Bertz CT molecular complexity index is 283. The normalized spacial score (nSPS) is 20.1. The van der Waals surface area contributed by atoms with Crippen LogP contribution in [0, 0.1) is 0 Å². The molecule has 0 saturated carbocycles. The van der Waals surface area contributed by atoms with E-state index in [2.05, 4.69) is 4.90 Å². The van der Waals surface area contributed by atoms with Crippen molar-refractivity contribution in [3.63, 3.8) is 0 Å². The maximum atomic E-state index is 9.99. The molecule has 82 valence electrons. The predicted molar refractivity (Wildman–Crippen MR) is 58.7 cm³/mol. The Balaban J connectivity index is 1.88. The lowest BCUT2D eigenvalue weighted by molar-refractivity contribution is 0.0143. The molecule has 1 aliphatic rings. The highest BCUT2D eigenvalue weighted by Crippen LogP contribution is 2.14. The van der Waals surface area contributed by atoms with Gasteiger partial charge in [0.15, 0.2) is 0 Å². The van der Waals surface area contributed by atoms with Crippen molar-refractivity contribution in [3.8, 4) is 0 Å². The molecule has 1 aliphatic heterocycles. The molecular formula is C12H17NO2. The zero-order valence-electron chi connectivity index (χ0n) is 8.80. The van der Waals surface area contributed by atoms with Crippen LogP contribution in [0.1, 0.15) is 11.7 Å². The maximum Gasteiger partial charge on any atom is 0.0916 e. The third-order valence-electron chi connectivity index (χ3n) is 2.72. The van der Waals surface area contributed by atoms with Gasteiger partial charge in [-0.25, -0.2) is 0 Å². The van der Waals surface area contributed by atoms with Crippen LogP contribution in [0.4, 0.5) is 0 Å². The molecule has 0 bridgehead atoms. The second-order valence-corrected chi connectivity index (χ2v) is 3.84. The predicted octanol–water partition coefficient (Wildman–Crippen LogP) is 1.05. The summed E-state index contributed by atoms with van der Waals surface area (Å²) < 4.78 is 5.26. The van der Waals surface area contributed by atoms with E-state index in [1.807, 2.05) is 30.3 Å². The van der Waals surface area contributed by atoms with Gasteiger partial charge in [-0.1, -0.05) is 30.3 Å². The van der Waals surface area contributed by atoms with Gasteiger partial charge in [-0.05, 0) is 5.56 Å². The summed E-state index contributed by atoms with van der Waals surface area (Å²) in [4.78, 5) is 2.24. The fraction of sp³-hybridized carbons (Fsp3) is 0.500. The summed E-state index contributed by atoms with van der Waals surface area (Å²) in [6.45, 7) is 4.10. The first-order chi connectivity index (χ1) is 7.36. The van der Waals surface area contributed by atoms with Gasteiger partial charge in [-0.2, -0.15) is 0 Å². The number of ether oxygens (including phenoxy) is 1. The van der Waals surface area contributed by atoms with Crippen LogP contribution in [0.2, 0.25) is 0 Å². The average Bonchev–Trinajstić information content (AvgIpc) is 2.31. The molecule has 1 aromatic carbocycles. The van der Waals surface area contributed by atoms with Crippen molar-refractivity contribution in [2.24, 2.45) is 0 Å². The number of nitrogens with zero attached hydrogens (tertiary/aromatic N) is 1. The minimum absolute atomic E-state index is 0.385. The lowest BCUT2D eigenvalue weighted by Crippen LogP contribution is -2.38. The highest BCUT2D eigenvalue weighted by atomic mass is 16.5. The van der Waals surface area contributed by atoms with Gasteiger partial charge in [0.2, 0.25) is 0 Å². The SMILES string of the molecule is OC(CN1CCOCC1)c1ccccc1. The molecule has 0 aliphatic carbocycles. The standard InChI is InChI=1S/C12H17NO2/c14-12(11-4-2-1-3-5-11)10-13-6-8-15-9-7-13/h1-5,12,14H,6-10H2. The number of benzene rings is 1. The molecule has 2 rings (SSSR count). The number of morpholine rings is 1. The molecule has 3 heteroatoms. The number of hydrogen-bond donors (Lipinski definition) is 1. The van der Waals surface area contributed by atoms with Gasteiger partial charge in [0, 0.05) is 19.6 Å². The summed E-state index contributed by atoms with van der Waals surface area (Å²) in [7, 11) is 0. The molecule has 1 fully saturated rings. The average molecular weight is 207 g/mol. The van der Waals surface area contributed by atoms with Crippen LogP contribution in [-0.4, -0.2) is 42.9 Å². The molecule has 0 spiro atoms. The maximum absolute atomic E-state index is 9.99. The Morgan fingerprint density at radius 1 is 1.20 bits per heavy atom. The van der Waals surface area contributed by atoms with E-state index < -0.39 is 0 Å². The van der Waals surface area contributed by atoms with E-state index in [0.717, 1.165) is 31.9 Å². The molecule has 1 aromatic rings. The van der Waals surface area contributed by atoms with Crippen molar-refractivity contribution >= 4 is 0 Å². The zero-order valence-corrected chi connectivity index (χ0v) is 8.80. The van der Waals surface area contributed by atoms with Crippen LogP contribution in [0.3, 0.4) is 0 Å². The second kappa shape index (κ2) is 5.26. The van der Waals surface area contributed by atoms with Crippen LogP contribution in [0.15, 0.2) is 30.3 Å². The first-order valence-electron chi connectivity index (χ1n) is 5.39. The van der Waals surface area contributed by atoms with Crippen molar-refractivity contribution in [2.45, 2.75) is 6.10 Å². The summed E-state index contributed by atoms with van der Waals surface area (Å²) >= 11 is 0. The molecule has 1 heterocycles. The summed E-state index contributed by atoms with van der Waals surface area (Å²) in [5.74, 6) is 0. The van der Waals surface area contributed by atoms with Crippen LogP contribution < -0.4 is 0 Å². The van der Waals surface area contributed by atoms with E-state index in [-0.39, 0.29) is 6.10 Å². The number of β-amino-alcohol motifs (C(OH)–C–C–N with tert-alkyl or cyclic N) is 1. The number of aliphatic hydroxyl groups is 1. The first-order valence-corrected chi connectivity index (χ1v) is 5.39. The Morgan fingerprint density at radius 3 is 2.53 bits per heavy atom. The lowest BCUT2D eigenvalue weighted by Gasteiger charge is -2.28. The number of hydrogen-bond acceptors (Lipinski definition) is 3. The van der Waals surface area contributed by atoms with Crippen molar-refractivity contribution in [3.05, 3.63) is 35.9 Å². The van der Waals surface area contributed by atoms with Crippen LogP contribution in [0.25, 0.3) is 0 Å². The van der Waals surface area contributed by atoms with E-state index >= 15 is 0 Å². The number of aliphatic hydroxyl groups excluding tert-OH is 1. The molecule has 3 nitrogen and oxygen atoms in total. The summed E-state index contributed by atoms with van der Waals surface area (Å²) in [5.41, 5.74) is 0.990. The van der Waals surface area contributed by atoms with Gasteiger partial charge in [-0.15, -0.1) is 0 Å². The molecule has 0 aromatic heterocycles. The summed E-state index contributed by atoms with van der Waals surface area (Å²) in [6.07, 6.45) is -0.385. The third-order valence-corrected chi connectivity index (χ3v) is 2.72. The monoisotopic (exact) mass is 207 g/mol. The van der Waals surface area contributed by atoms with Gasteiger partial charge >= 0.3 is 0 Å². The molecule has 15 heavy (non-hydrogen) atoms. The zero-order chi connectivity index (χ0) is 10.5. The smallest absolute Gasteiger partial charge is 0.0916 e. The molecule has 1 saturated heterocycles. The fourth-order valence-electron chi connectivity index (χ4n) is 1.81. The van der Waals surface area contributed by atoms with Crippen LogP contribution >= 0.6 is 0 Å². The van der Waals surface area contributed by atoms with Crippen molar-refractivity contribution in [2.75, 3.05) is 32.8 Å². The minimum Gasteiger partial charge on any atom is -0.387 e. The quantitative estimate of drug-likeness (QED) is 0.804. The first kappa shape index (κ1) is 10.6. The highest BCUT2D eigenvalue weighted by molar-refractivity contribution is 5.17. The highest BCUT2D eigenvalue weighted by Gasteiger charge is 2.15. The van der Waals surface area contributed by atoms with Gasteiger partial charge < -0.3 is 9.84 Å². The molecule has 0 radical (unpaired) electrons. The topological polar surface area (TPSA) is 32.7 Å². The minimum atomic E-state index is -0.385. The fourth-order valence-corrected chi connectivity index (χ4v) is 1.81. The van der Waals surface area contributed by atoms with Gasteiger partial charge in [0.25, 0.3) is 0 Å². The summed E-state index contributed by atoms with van der Waals surface area (Å²) in [6, 6.07) is 9.80. The molecule has 1 unspecified atom stereocenters. The molecule has 1 atom stereocenters. The van der Waals surface area contributed by atoms with Gasteiger partial charge in [-0.3, -0.25) is 4.90 Å². The number of rotatable bonds is 3. The van der Waals surface area contributed by atoms with E-state index in [1.165, 1.54) is 0 Å². The van der Waals surface area contributed by atoms with Crippen LogP contribution in [-0.2, 0) is 4.74 Å². The van der Waals surface area contributed by atoms with Crippen molar-refractivity contribution in [1.29, 1.82) is 0 Å². The Labute approximate surface area is 90.3 Å². The van der Waals surface area contributed by atoms with E-state index in [4.69, 9.17) is 4.74 Å². The van der Waals surface area contributed by atoms with Gasteiger partial charge in [0.05, 0.1) is 19.3 Å². The van der Waals surface area contributed by atoms with Crippen LogP contribution in [0.5, 0.6) is 0 Å². The summed E-state index contributed by atoms with van der Waals surface area (Å²) in [5, 5.41) is 9.99. The Hall–Kier alpha value is -0.900. The van der Waals surface area contributed by atoms with Crippen molar-refractivity contribution in [1.82, 2.24) is 4.90 Å². The van der Waals surface area contributed by atoms with Gasteiger partial charge in [0.1, 0.15) is 0 Å². The van der Waals surface area contributed by atoms with E-state index in [9.17, 15) is 5.11 Å². The lowest BCUT2D eigenvalue weighted by atomic mass is 10.1. The third kappa shape index (κ3) is 3.02. The molecular weight excluding hydrogens is 190 g/mol. The molecule has 1 N–H and O–H groups in total. The van der Waals surface area contributed by atoms with E-state index in [0.29, 0.717) is 6.54 Å². The molecule has 0 amide bonds.